The molecule has 11 nitrogen and oxygen atoms in total. The highest BCUT2D eigenvalue weighted by atomic mass is 35.5. The van der Waals surface area contributed by atoms with Crippen LogP contribution >= 0.6 is 23.4 Å². The molecular formula is C22H28ClN7O4S2. The number of H-pyrrole nitrogens is 1. The first-order valence-corrected chi connectivity index (χ1v) is 14.3. The fourth-order valence-electron chi connectivity index (χ4n) is 4.83. The zero-order valence-corrected chi connectivity index (χ0v) is 22.5. The Hall–Kier alpha value is -2.32. The molecular weight excluding hydrogens is 526 g/mol. The molecule has 2 saturated heterocycles. The van der Waals surface area contributed by atoms with Crippen LogP contribution < -0.4 is 5.32 Å². The number of sulfonamides is 1. The topological polar surface area (TPSA) is 121 Å². The van der Waals surface area contributed by atoms with E-state index in [0.717, 1.165) is 11.5 Å². The van der Waals surface area contributed by atoms with Crippen molar-refractivity contribution in [2.24, 2.45) is 5.10 Å². The Bertz CT molecular complexity index is 1350. The number of hydrazone groups is 1. The van der Waals surface area contributed by atoms with E-state index in [-0.39, 0.29) is 36.1 Å². The standard InChI is InChI=1S/C22H28ClN7O4S2/c1-13-27(3)17-6-7-30(26-21(17)35-13)22(32)29-9-8-28(12-18(29)20(31)24-2)36(33,34)19-11-14-10-15(23)4-5-16(14)25-19/h4-5,10-11,13,17-18,25H,6-9,12H2,1-3H3,(H,24,31). The van der Waals surface area contributed by atoms with Crippen LogP contribution in [0.4, 0.5) is 4.79 Å². The van der Waals surface area contributed by atoms with E-state index in [9.17, 15) is 18.0 Å². The molecule has 0 aliphatic carbocycles. The number of aromatic amines is 1. The van der Waals surface area contributed by atoms with Gasteiger partial charge in [0.2, 0.25) is 5.91 Å². The van der Waals surface area contributed by atoms with Gasteiger partial charge in [0.1, 0.15) is 16.1 Å². The summed E-state index contributed by atoms with van der Waals surface area (Å²) in [6.07, 6.45) is 0.752. The molecule has 36 heavy (non-hydrogen) atoms. The van der Waals surface area contributed by atoms with Gasteiger partial charge in [-0.15, -0.1) is 0 Å². The number of halogens is 1. The Labute approximate surface area is 218 Å². The fourth-order valence-corrected chi connectivity index (χ4v) is 7.72. The summed E-state index contributed by atoms with van der Waals surface area (Å²) in [6.45, 7) is 2.49. The van der Waals surface area contributed by atoms with Crippen LogP contribution in [0.3, 0.4) is 0 Å². The lowest BCUT2D eigenvalue weighted by Crippen LogP contribution is -2.63. The van der Waals surface area contributed by atoms with Crippen molar-refractivity contribution in [3.05, 3.63) is 29.3 Å². The van der Waals surface area contributed by atoms with Gasteiger partial charge in [-0.1, -0.05) is 23.4 Å². The van der Waals surface area contributed by atoms with Crippen LogP contribution in [0.15, 0.2) is 34.4 Å². The Morgan fingerprint density at radius 3 is 2.75 bits per heavy atom. The molecule has 2 aromatic rings. The van der Waals surface area contributed by atoms with Gasteiger partial charge in [-0.2, -0.15) is 9.41 Å². The maximum Gasteiger partial charge on any atom is 0.341 e. The average molecular weight is 554 g/mol. The molecule has 5 rings (SSSR count). The van der Waals surface area contributed by atoms with E-state index in [1.807, 2.05) is 7.05 Å². The minimum Gasteiger partial charge on any atom is -0.357 e. The van der Waals surface area contributed by atoms with E-state index in [1.165, 1.54) is 27.3 Å². The third-order valence-electron chi connectivity index (χ3n) is 7.01. The second kappa shape index (κ2) is 9.53. The van der Waals surface area contributed by atoms with Crippen molar-refractivity contribution in [2.45, 2.75) is 35.8 Å². The number of likely N-dealkylation sites (N-methyl/N-ethyl adjacent to an activating group) is 1. The molecule has 2 N–H and O–H groups in total. The van der Waals surface area contributed by atoms with E-state index in [0.29, 0.717) is 22.5 Å². The van der Waals surface area contributed by atoms with Crippen LogP contribution in [-0.2, 0) is 14.8 Å². The molecule has 14 heteroatoms. The average Bonchev–Trinajstić information content (AvgIpc) is 3.42. The maximum absolute atomic E-state index is 13.5. The quantitative estimate of drug-likeness (QED) is 0.597. The fraction of sp³-hybridized carbons (Fsp3) is 0.500. The molecule has 3 unspecified atom stereocenters. The summed E-state index contributed by atoms with van der Waals surface area (Å²) >= 11 is 7.67. The Kier molecular flexibility index (Phi) is 6.70. The first-order chi connectivity index (χ1) is 17.1. The van der Waals surface area contributed by atoms with Crippen molar-refractivity contribution >= 4 is 61.3 Å². The number of fused-ring (bicyclic) bond motifs is 2. The molecule has 2 fully saturated rings. The van der Waals surface area contributed by atoms with Crippen LogP contribution in [0.2, 0.25) is 5.02 Å². The summed E-state index contributed by atoms with van der Waals surface area (Å²) in [6, 6.07) is 5.42. The minimum absolute atomic E-state index is 0.0140. The minimum atomic E-state index is -3.94. The van der Waals surface area contributed by atoms with E-state index in [4.69, 9.17) is 11.6 Å². The SMILES string of the molecule is CNC(=O)C1CN(S(=O)(=O)c2cc3cc(Cl)ccc3[nH]2)CCN1C(=O)N1CCC2C(=N1)SC(C)N2C. The van der Waals surface area contributed by atoms with E-state index in [1.54, 1.807) is 30.0 Å². The lowest BCUT2D eigenvalue weighted by molar-refractivity contribution is -0.126. The van der Waals surface area contributed by atoms with Crippen LogP contribution in [0.5, 0.6) is 0 Å². The number of aromatic nitrogens is 1. The number of piperazine rings is 1. The molecule has 0 radical (unpaired) electrons. The highest BCUT2D eigenvalue weighted by Gasteiger charge is 2.44. The first-order valence-electron chi connectivity index (χ1n) is 11.7. The monoisotopic (exact) mass is 553 g/mol. The van der Waals surface area contributed by atoms with Gasteiger partial charge in [0.25, 0.3) is 10.0 Å². The lowest BCUT2D eigenvalue weighted by atomic mass is 10.1. The maximum atomic E-state index is 13.5. The number of rotatable bonds is 3. The summed E-state index contributed by atoms with van der Waals surface area (Å²) in [5, 5.41) is 10.9. The van der Waals surface area contributed by atoms with Crippen LogP contribution in [0.1, 0.15) is 13.3 Å². The predicted octanol–water partition coefficient (Wildman–Crippen LogP) is 1.77. The largest absolute Gasteiger partial charge is 0.357 e. The van der Waals surface area contributed by atoms with Crippen molar-refractivity contribution in [3.8, 4) is 0 Å². The van der Waals surface area contributed by atoms with Crippen molar-refractivity contribution in [1.82, 2.24) is 29.4 Å². The second-order valence-corrected chi connectivity index (χ2v) is 12.8. The Balaban J connectivity index is 1.37. The molecule has 194 valence electrons. The summed E-state index contributed by atoms with van der Waals surface area (Å²) in [7, 11) is -0.425. The summed E-state index contributed by atoms with van der Waals surface area (Å²) in [5.74, 6) is -0.433. The molecule has 0 spiro atoms. The van der Waals surface area contributed by atoms with E-state index >= 15 is 0 Å². The van der Waals surface area contributed by atoms with Gasteiger partial charge < -0.3 is 15.2 Å². The molecule has 3 amide bonds. The van der Waals surface area contributed by atoms with Crippen molar-refractivity contribution in [3.63, 3.8) is 0 Å². The highest BCUT2D eigenvalue weighted by molar-refractivity contribution is 8.14. The van der Waals surface area contributed by atoms with Crippen LogP contribution in [-0.4, -0.2) is 107 Å². The highest BCUT2D eigenvalue weighted by Crippen LogP contribution is 2.34. The zero-order chi connectivity index (χ0) is 25.8. The number of amides is 3. The molecule has 0 saturated carbocycles. The number of hydrogen-bond acceptors (Lipinski definition) is 7. The number of carbonyl (C=O) groups is 2. The lowest BCUT2D eigenvalue weighted by Gasteiger charge is -2.41. The van der Waals surface area contributed by atoms with Crippen molar-refractivity contribution in [2.75, 3.05) is 40.3 Å². The first kappa shape index (κ1) is 25.3. The number of benzene rings is 1. The third-order valence-corrected chi connectivity index (χ3v) is 10.3. The Morgan fingerprint density at radius 2 is 2.00 bits per heavy atom. The van der Waals surface area contributed by atoms with Gasteiger partial charge in [0.15, 0.2) is 0 Å². The number of hydrogen-bond donors (Lipinski definition) is 2. The second-order valence-electron chi connectivity index (χ2n) is 9.08. The predicted molar refractivity (Wildman–Crippen MR) is 139 cm³/mol. The number of carbonyl (C=O) groups excluding carboxylic acids is 2. The number of nitrogens with zero attached hydrogens (tertiary/aromatic N) is 5. The Morgan fingerprint density at radius 1 is 1.22 bits per heavy atom. The van der Waals surface area contributed by atoms with Crippen molar-refractivity contribution in [1.29, 1.82) is 0 Å². The van der Waals surface area contributed by atoms with Gasteiger partial charge in [-0.25, -0.2) is 18.2 Å². The van der Waals surface area contributed by atoms with E-state index < -0.39 is 28.0 Å². The number of thioether (sulfide) groups is 1. The van der Waals surface area contributed by atoms with Gasteiger partial charge >= 0.3 is 6.03 Å². The van der Waals surface area contributed by atoms with Crippen LogP contribution in [0, 0.1) is 0 Å². The summed E-state index contributed by atoms with van der Waals surface area (Å²) in [5.41, 5.74) is 0.641. The molecule has 3 aliphatic heterocycles. The third kappa shape index (κ3) is 4.36. The normalized spacial score (nSPS) is 25.7. The van der Waals surface area contributed by atoms with Crippen molar-refractivity contribution < 1.29 is 18.0 Å². The summed E-state index contributed by atoms with van der Waals surface area (Å²) in [4.78, 5) is 32.9. The molecule has 3 atom stereocenters. The molecule has 1 aromatic carbocycles. The van der Waals surface area contributed by atoms with Crippen LogP contribution in [0.25, 0.3) is 10.9 Å². The number of urea groups is 1. The van der Waals surface area contributed by atoms with Gasteiger partial charge in [0.05, 0.1) is 11.4 Å². The molecule has 3 aliphatic rings. The van der Waals surface area contributed by atoms with Gasteiger partial charge in [-0.05, 0) is 44.7 Å². The molecule has 0 bridgehead atoms. The van der Waals surface area contributed by atoms with Gasteiger partial charge in [-0.3, -0.25) is 9.69 Å². The van der Waals surface area contributed by atoms with E-state index in [2.05, 4.69) is 27.2 Å². The number of nitrogens with one attached hydrogen (secondary N) is 2. The molecule has 1 aromatic heterocycles. The van der Waals surface area contributed by atoms with Gasteiger partial charge in [0, 0.05) is 49.2 Å². The molecule has 4 heterocycles. The smallest absolute Gasteiger partial charge is 0.341 e. The summed E-state index contributed by atoms with van der Waals surface area (Å²) < 4.78 is 28.1. The zero-order valence-electron chi connectivity index (χ0n) is 20.1.